The average molecular weight is 462 g/mol. The van der Waals surface area contributed by atoms with Gasteiger partial charge in [0.05, 0.1) is 18.9 Å². The van der Waals surface area contributed by atoms with Crippen LogP contribution >= 0.6 is 0 Å². The SMILES string of the molecule is CS(=O)CC#CC1=C(CNC(=O)c2nc3n(c(=O)c2O)CCOC3(C)C)CC=CC(F)=C1. The monoisotopic (exact) mass is 461 g/mol. The quantitative estimate of drug-likeness (QED) is 0.657. The van der Waals surface area contributed by atoms with E-state index in [2.05, 4.69) is 22.1 Å². The number of nitrogens with one attached hydrogen (secondary N) is 1. The third kappa shape index (κ3) is 5.23. The van der Waals surface area contributed by atoms with Crippen molar-refractivity contribution in [2.45, 2.75) is 32.4 Å². The number of fused-ring (bicyclic) bond motifs is 1. The Bertz CT molecular complexity index is 1180. The van der Waals surface area contributed by atoms with Gasteiger partial charge < -0.3 is 15.2 Å². The highest BCUT2D eigenvalue weighted by atomic mass is 32.2. The van der Waals surface area contributed by atoms with Gasteiger partial charge in [-0.2, -0.15) is 0 Å². The van der Waals surface area contributed by atoms with Crippen molar-refractivity contribution >= 4 is 16.7 Å². The van der Waals surface area contributed by atoms with Crippen LogP contribution in [-0.4, -0.2) is 49.9 Å². The molecular formula is C22H24FN3O5S. The van der Waals surface area contributed by atoms with Crippen LogP contribution in [0, 0.1) is 11.8 Å². The predicted molar refractivity (Wildman–Crippen MR) is 118 cm³/mol. The van der Waals surface area contributed by atoms with E-state index in [1.807, 2.05) is 0 Å². The molecule has 10 heteroatoms. The van der Waals surface area contributed by atoms with E-state index in [-0.39, 0.29) is 31.3 Å². The van der Waals surface area contributed by atoms with E-state index in [9.17, 15) is 23.3 Å². The molecule has 2 N–H and O–H groups in total. The number of carbonyl (C=O) groups excluding carboxylic acids is 1. The molecule has 170 valence electrons. The summed E-state index contributed by atoms with van der Waals surface area (Å²) in [5, 5.41) is 12.9. The maximum Gasteiger partial charge on any atom is 0.296 e. The lowest BCUT2D eigenvalue weighted by atomic mass is 10.1. The molecule has 0 bridgehead atoms. The molecule has 1 unspecified atom stereocenters. The number of hydrogen-bond acceptors (Lipinski definition) is 6. The van der Waals surface area contributed by atoms with Crippen LogP contribution < -0.4 is 10.9 Å². The van der Waals surface area contributed by atoms with Crippen LogP contribution in [0.1, 0.15) is 36.6 Å². The van der Waals surface area contributed by atoms with Gasteiger partial charge in [-0.1, -0.05) is 17.9 Å². The van der Waals surface area contributed by atoms with Crippen molar-refractivity contribution in [2.75, 3.05) is 25.2 Å². The summed E-state index contributed by atoms with van der Waals surface area (Å²) in [7, 11) is -1.12. The lowest BCUT2D eigenvalue weighted by Gasteiger charge is -2.32. The molecular weight excluding hydrogens is 437 g/mol. The van der Waals surface area contributed by atoms with E-state index >= 15 is 0 Å². The predicted octanol–water partition coefficient (Wildman–Crippen LogP) is 1.44. The van der Waals surface area contributed by atoms with Crippen molar-refractivity contribution in [1.29, 1.82) is 0 Å². The summed E-state index contributed by atoms with van der Waals surface area (Å²) in [5.41, 5.74) is -1.03. The minimum atomic E-state index is -1.12. The highest BCUT2D eigenvalue weighted by Crippen LogP contribution is 2.27. The summed E-state index contributed by atoms with van der Waals surface area (Å²) in [6.07, 6.45) is 5.99. The van der Waals surface area contributed by atoms with Crippen LogP contribution in [0.25, 0.3) is 0 Å². The number of carbonyl (C=O) groups is 1. The summed E-state index contributed by atoms with van der Waals surface area (Å²) in [4.78, 5) is 29.6. The van der Waals surface area contributed by atoms with Gasteiger partial charge >= 0.3 is 0 Å². The van der Waals surface area contributed by atoms with E-state index in [1.54, 1.807) is 19.9 Å². The van der Waals surface area contributed by atoms with Gasteiger partial charge in [0.2, 0.25) is 5.75 Å². The fraction of sp³-hybridized carbons (Fsp3) is 0.409. The molecule has 1 aliphatic carbocycles. The molecule has 3 rings (SSSR count). The van der Waals surface area contributed by atoms with Crippen molar-refractivity contribution in [1.82, 2.24) is 14.9 Å². The number of aromatic hydroxyl groups is 1. The van der Waals surface area contributed by atoms with Crippen molar-refractivity contribution in [3.05, 3.63) is 57.1 Å². The fourth-order valence-electron chi connectivity index (χ4n) is 3.33. The van der Waals surface area contributed by atoms with Gasteiger partial charge in [-0.25, -0.2) is 9.37 Å². The zero-order valence-corrected chi connectivity index (χ0v) is 18.8. The fourth-order valence-corrected chi connectivity index (χ4v) is 3.61. The Morgan fingerprint density at radius 3 is 2.94 bits per heavy atom. The number of rotatable bonds is 4. The van der Waals surface area contributed by atoms with E-state index in [0.29, 0.717) is 17.6 Å². The topological polar surface area (TPSA) is 111 Å². The van der Waals surface area contributed by atoms with Gasteiger partial charge in [0.25, 0.3) is 11.5 Å². The summed E-state index contributed by atoms with van der Waals surface area (Å²) < 4.78 is 32.1. The summed E-state index contributed by atoms with van der Waals surface area (Å²) in [5.74, 6) is 3.95. The molecule has 1 aromatic heterocycles. The summed E-state index contributed by atoms with van der Waals surface area (Å²) in [6.45, 7) is 3.95. The second-order valence-corrected chi connectivity index (χ2v) is 9.24. The number of ether oxygens (including phenoxy) is 1. The third-order valence-corrected chi connectivity index (χ3v) is 5.49. The molecule has 8 nitrogen and oxygen atoms in total. The van der Waals surface area contributed by atoms with E-state index < -0.39 is 45.1 Å². The lowest BCUT2D eigenvalue weighted by Crippen LogP contribution is -2.42. The summed E-state index contributed by atoms with van der Waals surface area (Å²) >= 11 is 0. The first-order chi connectivity index (χ1) is 15.1. The molecule has 1 atom stereocenters. The zero-order valence-electron chi connectivity index (χ0n) is 18.0. The van der Waals surface area contributed by atoms with Gasteiger partial charge in [0, 0.05) is 29.2 Å². The molecule has 0 radical (unpaired) electrons. The highest BCUT2D eigenvalue weighted by molar-refractivity contribution is 7.84. The Balaban J connectivity index is 1.89. The zero-order chi connectivity index (χ0) is 23.5. The summed E-state index contributed by atoms with van der Waals surface area (Å²) in [6, 6.07) is 0. The molecule has 0 aromatic carbocycles. The number of amides is 1. The largest absolute Gasteiger partial charge is 0.501 e. The van der Waals surface area contributed by atoms with E-state index in [1.165, 1.54) is 23.0 Å². The molecule has 1 amide bonds. The second kappa shape index (κ2) is 9.63. The average Bonchev–Trinajstić information content (AvgIpc) is 2.89. The van der Waals surface area contributed by atoms with Crippen molar-refractivity contribution < 1.29 is 23.2 Å². The van der Waals surface area contributed by atoms with Crippen LogP contribution in [0.4, 0.5) is 4.39 Å². The van der Waals surface area contributed by atoms with Crippen molar-refractivity contribution in [3.63, 3.8) is 0 Å². The van der Waals surface area contributed by atoms with Crippen molar-refractivity contribution in [3.8, 4) is 17.6 Å². The maximum atomic E-state index is 13.9. The molecule has 2 aliphatic rings. The number of allylic oxidation sites excluding steroid dienone is 5. The lowest BCUT2D eigenvalue weighted by molar-refractivity contribution is -0.0566. The standard InChI is InChI=1S/C22H24FN3O5S/c1-22(2)21-25-17(18(27)20(29)26(21)9-10-31-22)19(28)24-13-15-6-4-8-16(23)12-14(15)7-5-11-32(3)30/h4,8,12,27H,6,9-11,13H2,1-3H3,(H,24,28). The normalized spacial score (nSPS) is 18.1. The Labute approximate surface area is 187 Å². The molecule has 1 aliphatic heterocycles. The number of nitrogens with zero attached hydrogens (tertiary/aromatic N) is 2. The van der Waals surface area contributed by atoms with Crippen molar-refractivity contribution in [2.24, 2.45) is 0 Å². The molecule has 32 heavy (non-hydrogen) atoms. The Morgan fingerprint density at radius 1 is 1.47 bits per heavy atom. The van der Waals surface area contributed by atoms with Gasteiger partial charge in [-0.3, -0.25) is 18.4 Å². The number of aromatic nitrogens is 2. The smallest absolute Gasteiger partial charge is 0.296 e. The molecule has 0 saturated heterocycles. The van der Waals surface area contributed by atoms with Gasteiger partial charge in [-0.05, 0) is 38.0 Å². The van der Waals surface area contributed by atoms with Crippen LogP contribution in [0.15, 0.2) is 40.0 Å². The third-order valence-electron chi connectivity index (χ3n) is 4.94. The van der Waals surface area contributed by atoms with Gasteiger partial charge in [0.15, 0.2) is 5.69 Å². The van der Waals surface area contributed by atoms with Gasteiger partial charge in [0.1, 0.15) is 17.3 Å². The highest BCUT2D eigenvalue weighted by Gasteiger charge is 2.34. The first-order valence-electron chi connectivity index (χ1n) is 9.91. The first kappa shape index (κ1) is 23.6. The second-order valence-electron chi connectivity index (χ2n) is 7.80. The Morgan fingerprint density at radius 2 is 2.22 bits per heavy atom. The minimum Gasteiger partial charge on any atom is -0.501 e. The minimum absolute atomic E-state index is 0.00832. The van der Waals surface area contributed by atoms with Crippen LogP contribution in [0.5, 0.6) is 5.75 Å². The number of hydrogen-bond donors (Lipinski definition) is 2. The Hall–Kier alpha value is -3.03. The molecule has 2 heterocycles. The van der Waals surface area contributed by atoms with Crippen LogP contribution in [-0.2, 0) is 27.7 Å². The van der Waals surface area contributed by atoms with E-state index in [0.717, 1.165) is 0 Å². The van der Waals surface area contributed by atoms with Crippen LogP contribution in [0.2, 0.25) is 0 Å². The van der Waals surface area contributed by atoms with E-state index in [4.69, 9.17) is 4.74 Å². The molecule has 0 spiro atoms. The molecule has 0 saturated carbocycles. The Kier molecular flexibility index (Phi) is 7.11. The van der Waals surface area contributed by atoms with Gasteiger partial charge in [-0.15, -0.1) is 0 Å². The molecule has 1 aromatic rings. The maximum absolute atomic E-state index is 13.9. The van der Waals surface area contributed by atoms with Crippen LogP contribution in [0.3, 0.4) is 0 Å². The number of halogens is 1. The molecule has 0 fully saturated rings. The first-order valence-corrected chi connectivity index (χ1v) is 11.6.